The molecular formula is C22H27FN2O. The molecule has 1 heterocycles. The third-order valence-electron chi connectivity index (χ3n) is 5.08. The highest BCUT2D eigenvalue weighted by Gasteiger charge is 2.24. The molecule has 1 N–H and O–H groups in total. The first-order valence-electron chi connectivity index (χ1n) is 9.38. The molecule has 4 heteroatoms. The van der Waals surface area contributed by atoms with E-state index in [4.69, 9.17) is 0 Å². The van der Waals surface area contributed by atoms with Crippen LogP contribution in [0.3, 0.4) is 0 Å². The number of nitrogens with zero attached hydrogens (tertiary/aromatic N) is 1. The van der Waals surface area contributed by atoms with Crippen molar-refractivity contribution in [1.29, 1.82) is 0 Å². The number of likely N-dealkylation sites (tertiary alicyclic amines) is 1. The summed E-state index contributed by atoms with van der Waals surface area (Å²) in [5, 5.41) is 3.60. The Balaban J connectivity index is 1.48. The molecule has 0 radical (unpaired) electrons. The number of benzene rings is 2. The third-order valence-corrected chi connectivity index (χ3v) is 5.08. The standard InChI is InChI=1S/C22H27FN2O/c1-16-7-9-18(10-8-16)22(26)25-13-11-20(12-14-25)24-17(2)15-19-5-3-4-6-21(19)23/h3-10,17,20,24H,11-15H2,1-2H3/t17-/m1/s1. The normalized spacial score (nSPS) is 16.5. The lowest BCUT2D eigenvalue weighted by Gasteiger charge is -2.34. The van der Waals surface area contributed by atoms with Crippen molar-refractivity contribution in [1.82, 2.24) is 10.2 Å². The Morgan fingerprint density at radius 3 is 2.46 bits per heavy atom. The molecule has 0 aromatic heterocycles. The predicted molar refractivity (Wildman–Crippen MR) is 103 cm³/mol. The van der Waals surface area contributed by atoms with Gasteiger partial charge in [0.15, 0.2) is 0 Å². The monoisotopic (exact) mass is 354 g/mol. The molecule has 2 aromatic carbocycles. The summed E-state index contributed by atoms with van der Waals surface area (Å²) >= 11 is 0. The van der Waals surface area contributed by atoms with Crippen molar-refractivity contribution in [2.75, 3.05) is 13.1 Å². The molecule has 1 fully saturated rings. The number of carbonyl (C=O) groups is 1. The maximum atomic E-state index is 13.8. The number of hydrogen-bond donors (Lipinski definition) is 1. The van der Waals surface area contributed by atoms with E-state index in [1.165, 1.54) is 6.07 Å². The highest BCUT2D eigenvalue weighted by Crippen LogP contribution is 2.16. The molecule has 3 rings (SSSR count). The fourth-order valence-corrected chi connectivity index (χ4v) is 3.58. The zero-order chi connectivity index (χ0) is 18.5. The van der Waals surface area contributed by atoms with E-state index < -0.39 is 0 Å². The van der Waals surface area contributed by atoms with E-state index in [1.807, 2.05) is 48.2 Å². The first-order valence-corrected chi connectivity index (χ1v) is 9.38. The van der Waals surface area contributed by atoms with Crippen LogP contribution in [-0.2, 0) is 6.42 Å². The first-order chi connectivity index (χ1) is 12.5. The zero-order valence-corrected chi connectivity index (χ0v) is 15.5. The average molecular weight is 354 g/mol. The molecule has 0 unspecified atom stereocenters. The summed E-state index contributed by atoms with van der Waals surface area (Å²) in [6, 6.07) is 15.3. The highest BCUT2D eigenvalue weighted by molar-refractivity contribution is 5.94. The van der Waals surface area contributed by atoms with Crippen LogP contribution in [0.2, 0.25) is 0 Å². The minimum atomic E-state index is -0.139. The smallest absolute Gasteiger partial charge is 0.253 e. The molecule has 0 spiro atoms. The second-order valence-corrected chi connectivity index (χ2v) is 7.30. The fourth-order valence-electron chi connectivity index (χ4n) is 3.58. The molecule has 0 bridgehead atoms. The van der Waals surface area contributed by atoms with Gasteiger partial charge in [-0.3, -0.25) is 4.79 Å². The Labute approximate surface area is 155 Å². The molecule has 1 saturated heterocycles. The second-order valence-electron chi connectivity index (χ2n) is 7.30. The number of rotatable bonds is 5. The third kappa shape index (κ3) is 4.70. The van der Waals surface area contributed by atoms with Gasteiger partial charge in [-0.2, -0.15) is 0 Å². The largest absolute Gasteiger partial charge is 0.339 e. The summed E-state index contributed by atoms with van der Waals surface area (Å²) in [6.45, 7) is 5.64. The van der Waals surface area contributed by atoms with Gasteiger partial charge in [0.2, 0.25) is 0 Å². The van der Waals surface area contributed by atoms with Gasteiger partial charge in [-0.1, -0.05) is 35.9 Å². The van der Waals surface area contributed by atoms with Crippen molar-refractivity contribution >= 4 is 5.91 Å². The van der Waals surface area contributed by atoms with Gasteiger partial charge >= 0.3 is 0 Å². The van der Waals surface area contributed by atoms with Gasteiger partial charge in [-0.25, -0.2) is 4.39 Å². The first kappa shape index (κ1) is 18.6. The van der Waals surface area contributed by atoms with Crippen molar-refractivity contribution in [2.24, 2.45) is 0 Å². The number of amides is 1. The van der Waals surface area contributed by atoms with Crippen molar-refractivity contribution in [3.63, 3.8) is 0 Å². The van der Waals surface area contributed by atoms with Crippen molar-refractivity contribution in [3.8, 4) is 0 Å². The topological polar surface area (TPSA) is 32.3 Å². The van der Waals surface area contributed by atoms with E-state index in [0.717, 1.165) is 42.6 Å². The number of nitrogens with one attached hydrogen (secondary N) is 1. The van der Waals surface area contributed by atoms with Gasteiger partial charge < -0.3 is 10.2 Å². The molecule has 0 aliphatic carbocycles. The molecule has 0 saturated carbocycles. The summed E-state index contributed by atoms with van der Waals surface area (Å²) in [5.74, 6) is -0.0254. The maximum Gasteiger partial charge on any atom is 0.253 e. The molecule has 138 valence electrons. The van der Waals surface area contributed by atoms with Crippen molar-refractivity contribution in [3.05, 3.63) is 71.0 Å². The Morgan fingerprint density at radius 2 is 1.81 bits per heavy atom. The minimum Gasteiger partial charge on any atom is -0.339 e. The van der Waals surface area contributed by atoms with Gasteiger partial charge in [0, 0.05) is 30.7 Å². The molecule has 1 atom stereocenters. The van der Waals surface area contributed by atoms with Gasteiger partial charge in [0.25, 0.3) is 5.91 Å². The zero-order valence-electron chi connectivity index (χ0n) is 15.5. The number of aryl methyl sites for hydroxylation is 1. The van der Waals surface area contributed by atoms with Crippen LogP contribution in [0.25, 0.3) is 0 Å². The molecule has 1 aliphatic heterocycles. The van der Waals surface area contributed by atoms with E-state index in [9.17, 15) is 9.18 Å². The van der Waals surface area contributed by atoms with E-state index >= 15 is 0 Å². The molecule has 1 amide bonds. The lowest BCUT2D eigenvalue weighted by Crippen LogP contribution is -2.47. The van der Waals surface area contributed by atoms with Crippen LogP contribution in [0.1, 0.15) is 41.3 Å². The summed E-state index contributed by atoms with van der Waals surface area (Å²) in [7, 11) is 0. The van der Waals surface area contributed by atoms with Crippen LogP contribution in [-0.4, -0.2) is 36.0 Å². The van der Waals surface area contributed by atoms with Crippen molar-refractivity contribution in [2.45, 2.75) is 45.2 Å². The SMILES string of the molecule is Cc1ccc(C(=O)N2CCC(N[C@H](C)Cc3ccccc3F)CC2)cc1. The molecule has 1 aliphatic rings. The van der Waals surface area contributed by atoms with E-state index in [0.29, 0.717) is 12.5 Å². The van der Waals surface area contributed by atoms with Crippen LogP contribution in [0.5, 0.6) is 0 Å². The quantitative estimate of drug-likeness (QED) is 0.881. The number of hydrogen-bond acceptors (Lipinski definition) is 2. The Morgan fingerprint density at radius 1 is 1.15 bits per heavy atom. The lowest BCUT2D eigenvalue weighted by molar-refractivity contribution is 0.0702. The molecule has 2 aromatic rings. The summed E-state index contributed by atoms with van der Waals surface area (Å²) < 4.78 is 13.8. The molecule has 26 heavy (non-hydrogen) atoms. The summed E-state index contributed by atoms with van der Waals surface area (Å²) in [5.41, 5.74) is 2.67. The number of carbonyl (C=O) groups excluding carboxylic acids is 1. The van der Waals surface area contributed by atoms with E-state index in [1.54, 1.807) is 6.07 Å². The lowest BCUT2D eigenvalue weighted by atomic mass is 10.0. The summed E-state index contributed by atoms with van der Waals surface area (Å²) in [4.78, 5) is 14.5. The minimum absolute atomic E-state index is 0.114. The predicted octanol–water partition coefficient (Wildman–Crippen LogP) is 3.96. The van der Waals surface area contributed by atoms with Gasteiger partial charge in [0.1, 0.15) is 5.82 Å². The van der Waals surface area contributed by atoms with Crippen molar-refractivity contribution < 1.29 is 9.18 Å². The Kier molecular flexibility index (Phi) is 6.04. The number of halogens is 1. The summed E-state index contributed by atoms with van der Waals surface area (Å²) in [6.07, 6.45) is 2.54. The Hall–Kier alpha value is -2.20. The second kappa shape index (κ2) is 8.45. The van der Waals surface area contributed by atoms with Crippen LogP contribution >= 0.6 is 0 Å². The van der Waals surface area contributed by atoms with E-state index in [2.05, 4.69) is 12.2 Å². The highest BCUT2D eigenvalue weighted by atomic mass is 19.1. The molecular weight excluding hydrogens is 327 g/mol. The fraction of sp³-hybridized carbons (Fsp3) is 0.409. The van der Waals surface area contributed by atoms with Crippen LogP contribution in [0.4, 0.5) is 4.39 Å². The average Bonchev–Trinajstić information content (AvgIpc) is 2.64. The molecule has 3 nitrogen and oxygen atoms in total. The van der Waals surface area contributed by atoms with Gasteiger partial charge in [-0.15, -0.1) is 0 Å². The van der Waals surface area contributed by atoms with Crippen LogP contribution < -0.4 is 5.32 Å². The van der Waals surface area contributed by atoms with Crippen LogP contribution in [0.15, 0.2) is 48.5 Å². The van der Waals surface area contributed by atoms with E-state index in [-0.39, 0.29) is 17.8 Å². The van der Waals surface area contributed by atoms with Gasteiger partial charge in [0.05, 0.1) is 0 Å². The Bertz CT molecular complexity index is 736. The van der Waals surface area contributed by atoms with Gasteiger partial charge in [-0.05, 0) is 56.9 Å². The van der Waals surface area contributed by atoms with Crippen LogP contribution in [0, 0.1) is 12.7 Å². The maximum absolute atomic E-state index is 13.8. The number of piperidine rings is 1.